The molecule has 0 aliphatic heterocycles. The number of carboxylic acids is 1. The van der Waals surface area contributed by atoms with E-state index >= 15 is 0 Å². The molecule has 1 aromatic rings. The lowest BCUT2D eigenvalue weighted by Gasteiger charge is -2.10. The number of aryl methyl sites for hydroxylation is 1. The van der Waals surface area contributed by atoms with Gasteiger partial charge in [-0.25, -0.2) is 0 Å². The van der Waals surface area contributed by atoms with Crippen molar-refractivity contribution in [2.24, 2.45) is 5.92 Å². The Hall–Kier alpha value is -1.64. The highest BCUT2D eigenvalue weighted by Gasteiger charge is 2.20. The maximum atomic E-state index is 11.9. The molecular weight excluding hydrogens is 216 g/mol. The average molecular weight is 234 g/mol. The van der Waals surface area contributed by atoms with Gasteiger partial charge in [0.2, 0.25) is 0 Å². The van der Waals surface area contributed by atoms with Crippen molar-refractivity contribution in [1.29, 1.82) is 0 Å². The number of rotatable bonds is 6. The Morgan fingerprint density at radius 3 is 2.29 bits per heavy atom. The molecule has 1 atom stereocenters. The summed E-state index contributed by atoms with van der Waals surface area (Å²) in [5.41, 5.74) is 1.68. The van der Waals surface area contributed by atoms with Crippen molar-refractivity contribution >= 4 is 11.8 Å². The highest BCUT2D eigenvalue weighted by atomic mass is 16.4. The predicted octanol–water partition coefficient (Wildman–Crippen LogP) is 3.07. The summed E-state index contributed by atoms with van der Waals surface area (Å²) in [6.07, 6.45) is 1.41. The van der Waals surface area contributed by atoms with Crippen molar-refractivity contribution in [1.82, 2.24) is 0 Å². The average Bonchev–Trinajstić information content (AvgIpc) is 2.29. The number of Topliss-reactive ketones (excluding diaryl/α,β-unsaturated/α-hetero) is 1. The van der Waals surface area contributed by atoms with E-state index in [2.05, 4.69) is 0 Å². The quantitative estimate of drug-likeness (QED) is 0.769. The molecule has 0 radical (unpaired) electrons. The van der Waals surface area contributed by atoms with Crippen LogP contribution in [0.3, 0.4) is 0 Å². The van der Waals surface area contributed by atoms with Gasteiger partial charge in [0, 0.05) is 12.0 Å². The minimum Gasteiger partial charge on any atom is -0.481 e. The van der Waals surface area contributed by atoms with E-state index in [9.17, 15) is 9.59 Å². The molecule has 1 rings (SSSR count). The first-order valence-electron chi connectivity index (χ1n) is 5.87. The summed E-state index contributed by atoms with van der Waals surface area (Å²) < 4.78 is 0. The first-order valence-corrected chi connectivity index (χ1v) is 5.87. The van der Waals surface area contributed by atoms with E-state index < -0.39 is 11.9 Å². The monoisotopic (exact) mass is 234 g/mol. The molecule has 1 aromatic carbocycles. The highest BCUT2D eigenvalue weighted by Crippen LogP contribution is 2.16. The Kier molecular flexibility index (Phi) is 4.88. The first-order chi connectivity index (χ1) is 8.04. The van der Waals surface area contributed by atoms with Crippen LogP contribution in [0, 0.1) is 12.8 Å². The van der Waals surface area contributed by atoms with Crippen LogP contribution in [0.4, 0.5) is 0 Å². The van der Waals surface area contributed by atoms with E-state index in [0.717, 1.165) is 12.0 Å². The highest BCUT2D eigenvalue weighted by molar-refractivity contribution is 5.97. The second-order valence-electron chi connectivity index (χ2n) is 4.32. The van der Waals surface area contributed by atoms with E-state index in [1.807, 2.05) is 26.0 Å². The molecule has 1 N–H and O–H groups in total. The van der Waals surface area contributed by atoms with Crippen LogP contribution in [0.15, 0.2) is 24.3 Å². The summed E-state index contributed by atoms with van der Waals surface area (Å²) >= 11 is 0. The third-order valence-electron chi connectivity index (χ3n) is 2.79. The van der Waals surface area contributed by atoms with Crippen LogP contribution in [-0.4, -0.2) is 16.9 Å². The number of benzene rings is 1. The zero-order chi connectivity index (χ0) is 12.8. The lowest BCUT2D eigenvalue weighted by Crippen LogP contribution is -2.17. The third-order valence-corrected chi connectivity index (χ3v) is 2.79. The van der Waals surface area contributed by atoms with Crippen LogP contribution >= 0.6 is 0 Å². The van der Waals surface area contributed by atoms with Gasteiger partial charge in [-0.05, 0) is 13.3 Å². The molecule has 0 heterocycles. The van der Waals surface area contributed by atoms with Gasteiger partial charge in [-0.3, -0.25) is 9.59 Å². The van der Waals surface area contributed by atoms with Crippen LogP contribution in [0.5, 0.6) is 0 Å². The van der Waals surface area contributed by atoms with Gasteiger partial charge in [0.25, 0.3) is 0 Å². The van der Waals surface area contributed by atoms with Crippen molar-refractivity contribution in [3.05, 3.63) is 35.4 Å². The molecule has 0 spiro atoms. The molecule has 1 unspecified atom stereocenters. The predicted molar refractivity (Wildman–Crippen MR) is 66.2 cm³/mol. The van der Waals surface area contributed by atoms with Gasteiger partial charge in [-0.2, -0.15) is 0 Å². The van der Waals surface area contributed by atoms with Crippen LogP contribution in [-0.2, 0) is 4.79 Å². The van der Waals surface area contributed by atoms with Crippen molar-refractivity contribution in [2.75, 3.05) is 0 Å². The van der Waals surface area contributed by atoms with Crippen molar-refractivity contribution in [3.63, 3.8) is 0 Å². The molecular formula is C14H18O3. The fraction of sp³-hybridized carbons (Fsp3) is 0.429. The van der Waals surface area contributed by atoms with Gasteiger partial charge in [0.15, 0.2) is 5.78 Å². The molecule has 0 aliphatic carbocycles. The summed E-state index contributed by atoms with van der Waals surface area (Å²) in [5, 5.41) is 8.99. The van der Waals surface area contributed by atoms with Gasteiger partial charge in [-0.1, -0.05) is 43.2 Å². The molecule has 92 valence electrons. The second-order valence-corrected chi connectivity index (χ2v) is 4.32. The third kappa shape index (κ3) is 4.02. The second kappa shape index (κ2) is 6.18. The van der Waals surface area contributed by atoms with Crippen molar-refractivity contribution in [3.8, 4) is 0 Å². The molecule has 0 saturated carbocycles. The first kappa shape index (κ1) is 13.4. The fourth-order valence-electron chi connectivity index (χ4n) is 1.74. The number of carbonyl (C=O) groups excluding carboxylic acids is 1. The SMILES string of the molecule is CCCC(CC(=O)c1ccc(C)cc1)C(=O)O. The van der Waals surface area contributed by atoms with E-state index in [1.54, 1.807) is 12.1 Å². The lowest BCUT2D eigenvalue weighted by molar-refractivity contribution is -0.141. The molecule has 0 bridgehead atoms. The van der Waals surface area contributed by atoms with Gasteiger partial charge >= 0.3 is 5.97 Å². The van der Waals surface area contributed by atoms with E-state index in [1.165, 1.54) is 0 Å². The molecule has 0 aliphatic rings. The molecule has 3 nitrogen and oxygen atoms in total. The van der Waals surface area contributed by atoms with E-state index in [0.29, 0.717) is 12.0 Å². The maximum absolute atomic E-state index is 11.9. The van der Waals surface area contributed by atoms with Gasteiger partial charge < -0.3 is 5.11 Å². The molecule has 3 heteroatoms. The zero-order valence-corrected chi connectivity index (χ0v) is 10.3. The summed E-state index contributed by atoms with van der Waals surface area (Å²) in [6.45, 7) is 3.87. The lowest BCUT2D eigenvalue weighted by atomic mass is 9.94. The Bertz CT molecular complexity index is 392. The largest absolute Gasteiger partial charge is 0.481 e. The van der Waals surface area contributed by atoms with Gasteiger partial charge in [0.05, 0.1) is 5.92 Å². The normalized spacial score (nSPS) is 12.1. The van der Waals surface area contributed by atoms with E-state index in [4.69, 9.17) is 5.11 Å². The van der Waals surface area contributed by atoms with Crippen LogP contribution in [0.25, 0.3) is 0 Å². The van der Waals surface area contributed by atoms with Gasteiger partial charge in [-0.15, -0.1) is 0 Å². The fourth-order valence-corrected chi connectivity index (χ4v) is 1.74. The zero-order valence-electron chi connectivity index (χ0n) is 10.3. The Labute approximate surface area is 101 Å². The van der Waals surface area contributed by atoms with Crippen LogP contribution in [0.1, 0.15) is 42.1 Å². The summed E-state index contributed by atoms with van der Waals surface area (Å²) in [6, 6.07) is 7.23. The minimum absolute atomic E-state index is 0.0895. The number of ketones is 1. The summed E-state index contributed by atoms with van der Waals surface area (Å²) in [4.78, 5) is 22.8. The van der Waals surface area contributed by atoms with E-state index in [-0.39, 0.29) is 12.2 Å². The number of carboxylic acid groups (broad SMARTS) is 1. The molecule has 0 fully saturated rings. The molecule has 17 heavy (non-hydrogen) atoms. The maximum Gasteiger partial charge on any atom is 0.306 e. The summed E-state index contributed by atoms with van der Waals surface area (Å²) in [7, 11) is 0. The minimum atomic E-state index is -0.882. The Morgan fingerprint density at radius 2 is 1.82 bits per heavy atom. The molecule has 0 amide bonds. The molecule has 0 saturated heterocycles. The number of hydrogen-bond donors (Lipinski definition) is 1. The number of aliphatic carboxylic acids is 1. The van der Waals surface area contributed by atoms with Crippen molar-refractivity contribution < 1.29 is 14.7 Å². The number of carbonyl (C=O) groups is 2. The Morgan fingerprint density at radius 1 is 1.24 bits per heavy atom. The number of hydrogen-bond acceptors (Lipinski definition) is 2. The van der Waals surface area contributed by atoms with Crippen LogP contribution < -0.4 is 0 Å². The van der Waals surface area contributed by atoms with Gasteiger partial charge in [0.1, 0.15) is 0 Å². The Balaban J connectivity index is 2.70. The van der Waals surface area contributed by atoms with Crippen molar-refractivity contribution in [2.45, 2.75) is 33.1 Å². The summed E-state index contributed by atoms with van der Waals surface area (Å²) in [5.74, 6) is -1.54. The standard InChI is InChI=1S/C14H18O3/c1-3-4-12(14(16)17)9-13(15)11-7-5-10(2)6-8-11/h5-8,12H,3-4,9H2,1-2H3,(H,16,17). The van der Waals surface area contributed by atoms with Crippen LogP contribution in [0.2, 0.25) is 0 Å². The topological polar surface area (TPSA) is 54.4 Å². The molecule has 0 aromatic heterocycles. The smallest absolute Gasteiger partial charge is 0.306 e.